The molecule has 0 aliphatic rings. The van der Waals surface area contributed by atoms with Crippen LogP contribution >= 0.6 is 8.38 Å². The summed E-state index contributed by atoms with van der Waals surface area (Å²) in [4.78, 5) is 9.24. The maximum atomic E-state index is 9.24. The van der Waals surface area contributed by atoms with Crippen LogP contribution in [0.3, 0.4) is 0 Å². The van der Waals surface area contributed by atoms with Crippen LogP contribution in [0.2, 0.25) is 0 Å². The Morgan fingerprint density at radius 1 is 1.67 bits per heavy atom. The van der Waals surface area contributed by atoms with Crippen LogP contribution < -0.4 is 5.73 Å². The molecule has 0 aliphatic heterocycles. The van der Waals surface area contributed by atoms with Crippen molar-refractivity contribution >= 4 is 13.8 Å². The van der Waals surface area contributed by atoms with Crippen molar-refractivity contribution < 1.29 is 9.42 Å². The quantitative estimate of drug-likeness (QED) is 0.324. The van der Waals surface area contributed by atoms with E-state index in [1.165, 1.54) is 0 Å². The second kappa shape index (κ2) is 7.62. The second-order valence-electron chi connectivity index (χ2n) is 2.45. The van der Waals surface area contributed by atoms with Gasteiger partial charge in [0, 0.05) is 6.42 Å². The van der Waals surface area contributed by atoms with Crippen molar-refractivity contribution in [3.8, 4) is 0 Å². The van der Waals surface area contributed by atoms with Gasteiger partial charge in [0.2, 0.25) is 8.38 Å². The van der Waals surface area contributed by atoms with Crippen LogP contribution in [0.1, 0.15) is 26.2 Å². The summed E-state index contributed by atoms with van der Waals surface area (Å²) in [6.45, 7) is 2.98. The van der Waals surface area contributed by atoms with E-state index in [1.807, 2.05) is 6.92 Å². The maximum Gasteiger partial charge on any atom is 0.216 e. The highest BCUT2D eigenvalue weighted by atomic mass is 31.2. The normalized spacial score (nSPS) is 12.9. The van der Waals surface area contributed by atoms with Crippen LogP contribution in [0, 0.1) is 5.41 Å². The van der Waals surface area contributed by atoms with Crippen LogP contribution in [0.5, 0.6) is 0 Å². The van der Waals surface area contributed by atoms with E-state index in [0.717, 1.165) is 12.8 Å². The summed E-state index contributed by atoms with van der Waals surface area (Å²) in [5.74, 6) is 0. The lowest BCUT2D eigenvalue weighted by atomic mass is 10.4. The zero-order chi connectivity index (χ0) is 9.40. The summed E-state index contributed by atoms with van der Waals surface area (Å²) in [6.07, 6.45) is 2.39. The zero-order valence-electron chi connectivity index (χ0n) is 7.42. The molecular weight excluding hydrogens is 175 g/mol. The molecule has 12 heavy (non-hydrogen) atoms. The molecule has 0 spiro atoms. The van der Waals surface area contributed by atoms with Gasteiger partial charge < -0.3 is 20.6 Å². The predicted molar refractivity (Wildman–Crippen MR) is 51.4 cm³/mol. The minimum atomic E-state index is -1.66. The van der Waals surface area contributed by atoms with Gasteiger partial charge in [-0.15, -0.1) is 0 Å². The van der Waals surface area contributed by atoms with Gasteiger partial charge in [0.25, 0.3) is 0 Å². The lowest BCUT2D eigenvalue weighted by Crippen LogP contribution is -2.07. The predicted octanol–water partition coefficient (Wildman–Crippen LogP) is 1.43. The third-order valence-corrected chi connectivity index (χ3v) is 2.44. The van der Waals surface area contributed by atoms with Gasteiger partial charge in [0.15, 0.2) is 0 Å². The topological polar surface area (TPSA) is 79.3 Å². The minimum Gasteiger partial charge on any atom is -0.346 e. The van der Waals surface area contributed by atoms with E-state index in [-0.39, 0.29) is 5.45 Å². The minimum absolute atomic E-state index is 0.226. The average Bonchev–Trinajstić information content (AvgIpc) is 2.05. The Labute approximate surface area is 74.5 Å². The molecule has 0 rings (SSSR count). The van der Waals surface area contributed by atoms with Crippen LogP contribution in [0.15, 0.2) is 0 Å². The molecule has 4 nitrogen and oxygen atoms in total. The van der Waals surface area contributed by atoms with Gasteiger partial charge in [-0.1, -0.05) is 13.3 Å². The number of nitrogens with two attached hydrogens (primary N) is 1. The average molecular weight is 192 g/mol. The number of hydrogen-bond donors (Lipinski definition) is 3. The number of hydrogen-bond acceptors (Lipinski definition) is 4. The Hall–Kier alpha value is -0.0200. The summed E-state index contributed by atoms with van der Waals surface area (Å²) >= 11 is 0. The molecule has 0 saturated carbocycles. The monoisotopic (exact) mass is 192 g/mol. The van der Waals surface area contributed by atoms with Gasteiger partial charge in [-0.05, 0) is 13.0 Å². The molecule has 5 heteroatoms. The Morgan fingerprint density at radius 2 is 2.33 bits per heavy atom. The third-order valence-electron chi connectivity index (χ3n) is 1.32. The molecule has 72 valence electrons. The van der Waals surface area contributed by atoms with Crippen LogP contribution in [-0.4, -0.2) is 23.5 Å². The summed E-state index contributed by atoms with van der Waals surface area (Å²) < 4.78 is 5.04. The summed E-state index contributed by atoms with van der Waals surface area (Å²) in [7, 11) is -1.66. The lowest BCUT2D eigenvalue weighted by molar-refractivity contribution is 0.311. The largest absolute Gasteiger partial charge is 0.346 e. The van der Waals surface area contributed by atoms with Crippen molar-refractivity contribution in [2.45, 2.75) is 26.2 Å². The Bertz CT molecular complexity index is 133. The van der Waals surface area contributed by atoms with E-state index in [2.05, 4.69) is 0 Å². The first-order chi connectivity index (χ1) is 5.72. The van der Waals surface area contributed by atoms with Gasteiger partial charge >= 0.3 is 0 Å². The highest BCUT2D eigenvalue weighted by Crippen LogP contribution is 2.33. The van der Waals surface area contributed by atoms with Gasteiger partial charge in [-0.3, -0.25) is 0 Å². The Kier molecular flexibility index (Phi) is 7.61. The Morgan fingerprint density at radius 3 is 2.83 bits per heavy atom. The van der Waals surface area contributed by atoms with Crippen molar-refractivity contribution in [3.63, 3.8) is 0 Å². The van der Waals surface area contributed by atoms with Crippen molar-refractivity contribution in [1.29, 1.82) is 5.41 Å². The SMILES string of the molecule is CCCCOP(O)C(=N)CCN. The fourth-order valence-electron chi connectivity index (χ4n) is 0.606. The number of rotatable bonds is 7. The standard InChI is InChI=1S/C7H17N2O2P/c1-2-3-6-11-12(10)7(9)4-5-8/h9-10H,2-6,8H2,1H3. The molecule has 0 saturated heterocycles. The molecule has 1 atom stereocenters. The molecule has 0 aliphatic carbocycles. The number of nitrogens with one attached hydrogen (secondary N) is 1. The first-order valence-electron chi connectivity index (χ1n) is 4.11. The summed E-state index contributed by atoms with van der Waals surface area (Å²) in [6, 6.07) is 0. The van der Waals surface area contributed by atoms with E-state index in [4.69, 9.17) is 15.7 Å². The molecule has 0 bridgehead atoms. The van der Waals surface area contributed by atoms with Gasteiger partial charge in [-0.25, -0.2) is 0 Å². The van der Waals surface area contributed by atoms with Crippen molar-refractivity contribution in [1.82, 2.24) is 0 Å². The lowest BCUT2D eigenvalue weighted by Gasteiger charge is -2.10. The van der Waals surface area contributed by atoms with Crippen LogP contribution in [0.25, 0.3) is 0 Å². The van der Waals surface area contributed by atoms with Crippen molar-refractivity contribution in [3.05, 3.63) is 0 Å². The van der Waals surface area contributed by atoms with E-state index in [9.17, 15) is 4.89 Å². The molecular formula is C7H17N2O2P. The fourth-order valence-corrected chi connectivity index (χ4v) is 1.38. The fraction of sp³-hybridized carbons (Fsp3) is 0.857. The number of unbranched alkanes of at least 4 members (excludes halogenated alkanes) is 1. The molecule has 1 unspecified atom stereocenters. The Balaban J connectivity index is 3.42. The van der Waals surface area contributed by atoms with Crippen LogP contribution in [-0.2, 0) is 4.52 Å². The first-order valence-corrected chi connectivity index (χ1v) is 5.33. The van der Waals surface area contributed by atoms with E-state index in [0.29, 0.717) is 19.6 Å². The van der Waals surface area contributed by atoms with E-state index >= 15 is 0 Å². The molecule has 0 aromatic heterocycles. The smallest absolute Gasteiger partial charge is 0.216 e. The third kappa shape index (κ3) is 5.61. The molecule has 0 amide bonds. The molecule has 0 heterocycles. The maximum absolute atomic E-state index is 9.24. The van der Waals surface area contributed by atoms with Crippen LogP contribution in [0.4, 0.5) is 0 Å². The van der Waals surface area contributed by atoms with E-state index < -0.39 is 8.38 Å². The first kappa shape index (κ1) is 12.0. The summed E-state index contributed by atoms with van der Waals surface area (Å²) in [5.41, 5.74) is 5.45. The van der Waals surface area contributed by atoms with Crippen molar-refractivity contribution in [2.75, 3.05) is 13.2 Å². The highest BCUT2D eigenvalue weighted by molar-refractivity contribution is 7.65. The van der Waals surface area contributed by atoms with Gasteiger partial charge in [-0.2, -0.15) is 0 Å². The molecule has 0 radical (unpaired) electrons. The summed E-state index contributed by atoms with van der Waals surface area (Å²) in [5, 5.41) is 7.30. The van der Waals surface area contributed by atoms with Crippen molar-refractivity contribution in [2.24, 2.45) is 5.73 Å². The molecule has 0 fully saturated rings. The molecule has 0 aromatic rings. The second-order valence-corrected chi connectivity index (χ2v) is 3.79. The molecule has 0 aromatic carbocycles. The van der Waals surface area contributed by atoms with E-state index in [1.54, 1.807) is 0 Å². The van der Waals surface area contributed by atoms with Gasteiger partial charge in [0.05, 0.1) is 12.1 Å². The van der Waals surface area contributed by atoms with Gasteiger partial charge in [0.1, 0.15) is 0 Å². The zero-order valence-corrected chi connectivity index (χ0v) is 8.31. The highest BCUT2D eigenvalue weighted by Gasteiger charge is 2.10. The molecule has 4 N–H and O–H groups in total.